The Morgan fingerprint density at radius 3 is 2.76 bits per heavy atom. The lowest BCUT2D eigenvalue weighted by Gasteiger charge is -2.08. The zero-order valence-electron chi connectivity index (χ0n) is 13.7. The first-order valence-corrected chi connectivity index (χ1v) is 8.18. The fourth-order valence-corrected chi connectivity index (χ4v) is 2.51. The topological polar surface area (TPSA) is 66.9 Å². The van der Waals surface area contributed by atoms with Gasteiger partial charge in [0.1, 0.15) is 5.69 Å². The fourth-order valence-electron chi connectivity index (χ4n) is 2.31. The number of nitrogens with zero attached hydrogens (tertiary/aromatic N) is 2. The van der Waals surface area contributed by atoms with Gasteiger partial charge >= 0.3 is 0 Å². The molecule has 0 aliphatic carbocycles. The molecule has 5 nitrogen and oxygen atoms in total. The van der Waals surface area contributed by atoms with Gasteiger partial charge in [0.05, 0.1) is 0 Å². The van der Waals surface area contributed by atoms with Crippen LogP contribution in [0.4, 0.5) is 11.6 Å². The molecule has 0 bridgehead atoms. The number of carbonyl (C=O) groups is 1. The van der Waals surface area contributed by atoms with E-state index in [-0.39, 0.29) is 11.6 Å². The second-order valence-electron chi connectivity index (χ2n) is 5.53. The molecule has 0 saturated carbocycles. The van der Waals surface area contributed by atoms with Crippen molar-refractivity contribution < 1.29 is 4.79 Å². The van der Waals surface area contributed by atoms with E-state index < -0.39 is 0 Å². The van der Waals surface area contributed by atoms with Crippen molar-refractivity contribution in [3.63, 3.8) is 0 Å². The summed E-state index contributed by atoms with van der Waals surface area (Å²) in [6, 6.07) is 16.8. The number of benzene rings is 2. The first kappa shape index (κ1) is 16.9. The van der Waals surface area contributed by atoms with Crippen LogP contribution in [-0.2, 0) is 6.54 Å². The van der Waals surface area contributed by atoms with Crippen LogP contribution in [0.2, 0.25) is 5.02 Å². The summed E-state index contributed by atoms with van der Waals surface area (Å²) in [6.45, 7) is 2.34. The largest absolute Gasteiger partial charge is 0.347 e. The predicted molar refractivity (Wildman–Crippen MR) is 99.1 cm³/mol. The van der Waals surface area contributed by atoms with Crippen LogP contribution >= 0.6 is 11.6 Å². The van der Waals surface area contributed by atoms with E-state index in [1.54, 1.807) is 18.3 Å². The van der Waals surface area contributed by atoms with Gasteiger partial charge in [-0.3, -0.25) is 4.79 Å². The standard InChI is InChI=1S/C19H17ClN4O/c1-13-5-4-7-15(11-13)23-19-21-10-9-17(24-19)18(25)22-12-14-6-2-3-8-16(14)20/h2-11H,12H2,1H3,(H,22,25)(H,21,23,24). The number of anilines is 2. The molecule has 3 aromatic rings. The van der Waals surface area contributed by atoms with Crippen LogP contribution in [0.1, 0.15) is 21.6 Å². The smallest absolute Gasteiger partial charge is 0.270 e. The summed E-state index contributed by atoms with van der Waals surface area (Å²) >= 11 is 6.10. The van der Waals surface area contributed by atoms with Crippen molar-refractivity contribution in [1.82, 2.24) is 15.3 Å². The van der Waals surface area contributed by atoms with Crippen LogP contribution in [0.15, 0.2) is 60.8 Å². The molecule has 2 N–H and O–H groups in total. The van der Waals surface area contributed by atoms with Crippen LogP contribution < -0.4 is 10.6 Å². The third kappa shape index (κ3) is 4.55. The minimum Gasteiger partial charge on any atom is -0.347 e. The van der Waals surface area contributed by atoms with E-state index >= 15 is 0 Å². The van der Waals surface area contributed by atoms with E-state index in [2.05, 4.69) is 20.6 Å². The number of hydrogen-bond acceptors (Lipinski definition) is 4. The van der Waals surface area contributed by atoms with Crippen LogP contribution in [0.25, 0.3) is 0 Å². The van der Waals surface area contributed by atoms with Crippen LogP contribution in [-0.4, -0.2) is 15.9 Å². The van der Waals surface area contributed by atoms with Crippen molar-refractivity contribution in [2.24, 2.45) is 0 Å². The zero-order chi connectivity index (χ0) is 17.6. The predicted octanol–water partition coefficient (Wildman–Crippen LogP) is 4.11. The number of aromatic nitrogens is 2. The minimum absolute atomic E-state index is 0.283. The van der Waals surface area contributed by atoms with E-state index in [0.29, 0.717) is 17.5 Å². The normalized spacial score (nSPS) is 10.3. The number of carbonyl (C=O) groups excluding carboxylic acids is 1. The molecule has 0 aliphatic heterocycles. The average molecular weight is 353 g/mol. The Kier molecular flexibility index (Phi) is 5.26. The summed E-state index contributed by atoms with van der Waals surface area (Å²) in [7, 11) is 0. The second-order valence-corrected chi connectivity index (χ2v) is 5.94. The number of aryl methyl sites for hydroxylation is 1. The first-order chi connectivity index (χ1) is 12.1. The van der Waals surface area contributed by atoms with Crippen LogP contribution in [0.3, 0.4) is 0 Å². The van der Waals surface area contributed by atoms with Crippen LogP contribution in [0.5, 0.6) is 0 Å². The molecule has 0 saturated heterocycles. The van der Waals surface area contributed by atoms with Gasteiger partial charge in [0.25, 0.3) is 5.91 Å². The molecule has 0 radical (unpaired) electrons. The highest BCUT2D eigenvalue weighted by Gasteiger charge is 2.09. The maximum absolute atomic E-state index is 12.3. The molecule has 0 spiro atoms. The molecule has 1 amide bonds. The monoisotopic (exact) mass is 352 g/mol. The number of hydrogen-bond donors (Lipinski definition) is 2. The Balaban J connectivity index is 1.68. The van der Waals surface area contributed by atoms with E-state index in [9.17, 15) is 4.79 Å². The van der Waals surface area contributed by atoms with Gasteiger partial charge in [0.2, 0.25) is 5.95 Å². The van der Waals surface area contributed by atoms with Gasteiger partial charge < -0.3 is 10.6 Å². The minimum atomic E-state index is -0.283. The van der Waals surface area contributed by atoms with Gasteiger partial charge in [-0.2, -0.15) is 0 Å². The third-order valence-corrected chi connectivity index (χ3v) is 3.93. The molecule has 0 unspecified atom stereocenters. The van der Waals surface area contributed by atoms with E-state index in [4.69, 9.17) is 11.6 Å². The SMILES string of the molecule is Cc1cccc(Nc2nccc(C(=O)NCc3ccccc3Cl)n2)c1. The summed E-state index contributed by atoms with van der Waals surface area (Å²) in [5.41, 5.74) is 3.13. The highest BCUT2D eigenvalue weighted by molar-refractivity contribution is 6.31. The van der Waals surface area contributed by atoms with Gasteiger partial charge in [-0.1, -0.05) is 41.9 Å². The molecule has 0 aliphatic rings. The number of amides is 1. The lowest BCUT2D eigenvalue weighted by Crippen LogP contribution is -2.24. The van der Waals surface area contributed by atoms with Crippen molar-refractivity contribution in [2.75, 3.05) is 5.32 Å². The highest BCUT2D eigenvalue weighted by Crippen LogP contribution is 2.16. The number of rotatable bonds is 5. The number of halogens is 1. The van der Waals surface area contributed by atoms with Gasteiger partial charge in [-0.05, 0) is 42.3 Å². The molecule has 1 heterocycles. The van der Waals surface area contributed by atoms with E-state index in [1.807, 2.05) is 49.4 Å². The number of nitrogens with one attached hydrogen (secondary N) is 2. The molecule has 0 atom stereocenters. The van der Waals surface area contributed by atoms with Crippen molar-refractivity contribution in [3.05, 3.63) is 82.6 Å². The molecule has 3 rings (SSSR count). The summed E-state index contributed by atoms with van der Waals surface area (Å²) in [4.78, 5) is 20.7. The summed E-state index contributed by atoms with van der Waals surface area (Å²) in [5.74, 6) is 0.0885. The summed E-state index contributed by atoms with van der Waals surface area (Å²) in [6.07, 6.45) is 1.55. The fraction of sp³-hybridized carbons (Fsp3) is 0.105. The van der Waals surface area contributed by atoms with Crippen molar-refractivity contribution in [2.45, 2.75) is 13.5 Å². The lowest BCUT2D eigenvalue weighted by molar-refractivity contribution is 0.0946. The second kappa shape index (κ2) is 7.77. The maximum Gasteiger partial charge on any atom is 0.270 e. The summed E-state index contributed by atoms with van der Waals surface area (Å²) < 4.78 is 0. The quantitative estimate of drug-likeness (QED) is 0.725. The zero-order valence-corrected chi connectivity index (χ0v) is 14.4. The lowest BCUT2D eigenvalue weighted by atomic mass is 10.2. The molecular weight excluding hydrogens is 336 g/mol. The van der Waals surface area contributed by atoms with Gasteiger partial charge in [0, 0.05) is 23.5 Å². The van der Waals surface area contributed by atoms with Crippen molar-refractivity contribution in [3.8, 4) is 0 Å². The average Bonchev–Trinajstić information content (AvgIpc) is 2.61. The van der Waals surface area contributed by atoms with Crippen molar-refractivity contribution >= 4 is 29.1 Å². The highest BCUT2D eigenvalue weighted by atomic mass is 35.5. The third-order valence-electron chi connectivity index (χ3n) is 3.56. The van der Waals surface area contributed by atoms with Crippen LogP contribution in [0, 0.1) is 6.92 Å². The molecular formula is C19H17ClN4O. The molecule has 0 fully saturated rings. The van der Waals surface area contributed by atoms with E-state index in [1.165, 1.54) is 0 Å². The van der Waals surface area contributed by atoms with Gasteiger partial charge in [0.15, 0.2) is 0 Å². The molecule has 126 valence electrons. The maximum atomic E-state index is 12.3. The molecule has 6 heteroatoms. The summed E-state index contributed by atoms with van der Waals surface area (Å²) in [5, 5.41) is 6.53. The first-order valence-electron chi connectivity index (χ1n) is 7.80. The van der Waals surface area contributed by atoms with Gasteiger partial charge in [-0.25, -0.2) is 9.97 Å². The van der Waals surface area contributed by atoms with Gasteiger partial charge in [-0.15, -0.1) is 0 Å². The molecule has 1 aromatic heterocycles. The Labute approximate surface area is 151 Å². The Bertz CT molecular complexity index is 898. The molecule has 2 aromatic carbocycles. The molecule has 25 heavy (non-hydrogen) atoms. The van der Waals surface area contributed by atoms with Crippen molar-refractivity contribution in [1.29, 1.82) is 0 Å². The van der Waals surface area contributed by atoms with E-state index in [0.717, 1.165) is 16.8 Å². The Morgan fingerprint density at radius 1 is 1.12 bits per heavy atom. The Morgan fingerprint density at radius 2 is 1.96 bits per heavy atom. The Hall–Kier alpha value is -2.92.